The van der Waals surface area contributed by atoms with Crippen molar-refractivity contribution < 1.29 is 32.9 Å². The van der Waals surface area contributed by atoms with Crippen molar-refractivity contribution in [2.24, 2.45) is 0 Å². The van der Waals surface area contributed by atoms with Gasteiger partial charge in [0.05, 0.1) is 18.8 Å². The number of nitrogens with zero attached hydrogens (tertiary/aromatic N) is 2. The molecule has 10 heteroatoms. The van der Waals surface area contributed by atoms with Gasteiger partial charge in [0.2, 0.25) is 0 Å². The molecule has 0 saturated carbocycles. The number of aromatic nitrogens is 2. The van der Waals surface area contributed by atoms with E-state index in [1.807, 2.05) is 0 Å². The van der Waals surface area contributed by atoms with Gasteiger partial charge in [-0.05, 0) is 49.8 Å². The monoisotopic (exact) mass is 439 g/mol. The topological polar surface area (TPSA) is 96.7 Å². The van der Waals surface area contributed by atoms with Gasteiger partial charge in [-0.2, -0.15) is 0 Å². The first-order valence-electron chi connectivity index (χ1n) is 10.3. The lowest BCUT2D eigenvalue weighted by molar-refractivity contribution is -0.274. The summed E-state index contributed by atoms with van der Waals surface area (Å²) in [5.74, 6) is -0.259. The van der Waals surface area contributed by atoms with Crippen LogP contribution in [0.3, 0.4) is 0 Å². The van der Waals surface area contributed by atoms with Crippen molar-refractivity contribution >= 4 is 5.82 Å². The van der Waals surface area contributed by atoms with Crippen LogP contribution in [-0.4, -0.2) is 52.1 Å². The number of fused-ring (bicyclic) bond motifs is 1. The third-order valence-corrected chi connectivity index (χ3v) is 5.65. The van der Waals surface area contributed by atoms with Gasteiger partial charge in [0, 0.05) is 23.8 Å². The van der Waals surface area contributed by atoms with E-state index in [4.69, 9.17) is 4.74 Å². The molecular formula is C21H24F3N3O4. The van der Waals surface area contributed by atoms with Gasteiger partial charge in [0.25, 0.3) is 0 Å². The molecule has 1 saturated heterocycles. The van der Waals surface area contributed by atoms with Crippen LogP contribution in [-0.2, 0) is 17.6 Å². The highest BCUT2D eigenvalue weighted by Crippen LogP contribution is 2.38. The van der Waals surface area contributed by atoms with Crippen LogP contribution >= 0.6 is 0 Å². The zero-order chi connectivity index (χ0) is 22.0. The Kier molecular flexibility index (Phi) is 6.19. The number of ether oxygens (including phenoxy) is 2. The van der Waals surface area contributed by atoms with Gasteiger partial charge in [-0.1, -0.05) is 6.42 Å². The molecule has 7 nitrogen and oxygen atoms in total. The Labute approximate surface area is 177 Å². The number of phenols is 1. The molecule has 4 rings (SSSR count). The minimum absolute atomic E-state index is 0.201. The summed E-state index contributed by atoms with van der Waals surface area (Å²) in [6, 6.07) is 3.24. The molecular weight excluding hydrogens is 415 g/mol. The summed E-state index contributed by atoms with van der Waals surface area (Å²) in [5, 5.41) is 32.5. The van der Waals surface area contributed by atoms with Gasteiger partial charge in [-0.3, -0.25) is 0 Å². The SMILES string of the molecule is Oc1cc(OC(F)(F)F)ccc1-c1nnc(N[C@@H]2CCOC[C@H]2O)c2c1CCCCC2. The summed E-state index contributed by atoms with van der Waals surface area (Å²) in [7, 11) is 0. The minimum Gasteiger partial charge on any atom is -0.507 e. The zero-order valence-electron chi connectivity index (χ0n) is 16.8. The highest BCUT2D eigenvalue weighted by molar-refractivity contribution is 5.73. The molecule has 3 N–H and O–H groups in total. The van der Waals surface area contributed by atoms with Crippen LogP contribution in [0.1, 0.15) is 36.8 Å². The van der Waals surface area contributed by atoms with E-state index in [2.05, 4.69) is 20.3 Å². The van der Waals surface area contributed by atoms with E-state index >= 15 is 0 Å². The van der Waals surface area contributed by atoms with Crippen LogP contribution in [0.2, 0.25) is 0 Å². The number of aromatic hydroxyl groups is 1. The highest BCUT2D eigenvalue weighted by Gasteiger charge is 2.32. The van der Waals surface area contributed by atoms with Crippen molar-refractivity contribution in [1.29, 1.82) is 0 Å². The largest absolute Gasteiger partial charge is 0.573 e. The fourth-order valence-electron chi connectivity index (χ4n) is 4.13. The van der Waals surface area contributed by atoms with Crippen molar-refractivity contribution in [2.75, 3.05) is 18.5 Å². The summed E-state index contributed by atoms with van der Waals surface area (Å²) in [5.41, 5.74) is 2.64. The standard InChI is InChI=1S/C21H24F3N3O4/c22-21(23,24)31-12-6-7-15(17(28)10-12)19-13-4-2-1-3-5-14(13)20(27-26-19)25-16-8-9-30-11-18(16)29/h6-7,10,16,18,28-29H,1-5,8-9,11H2,(H,25,27)/t16-,18-/m1/s1. The number of benzene rings is 1. The van der Waals surface area contributed by atoms with E-state index in [1.54, 1.807) is 0 Å². The molecule has 31 heavy (non-hydrogen) atoms. The number of halogens is 3. The molecule has 0 radical (unpaired) electrons. The number of phenolic OH excluding ortho intramolecular Hbond substituents is 1. The van der Waals surface area contributed by atoms with E-state index in [-0.39, 0.29) is 18.4 Å². The smallest absolute Gasteiger partial charge is 0.507 e. The summed E-state index contributed by atoms with van der Waals surface area (Å²) >= 11 is 0. The van der Waals surface area contributed by atoms with Crippen LogP contribution in [0.4, 0.5) is 19.0 Å². The van der Waals surface area contributed by atoms with Gasteiger partial charge in [-0.25, -0.2) is 0 Å². The third kappa shape index (κ3) is 5.01. The zero-order valence-corrected chi connectivity index (χ0v) is 16.8. The van der Waals surface area contributed by atoms with Crippen molar-refractivity contribution in [1.82, 2.24) is 10.2 Å². The molecule has 2 heterocycles. The molecule has 0 bridgehead atoms. The third-order valence-electron chi connectivity index (χ3n) is 5.65. The van der Waals surface area contributed by atoms with Crippen LogP contribution in [0.25, 0.3) is 11.3 Å². The molecule has 2 aliphatic rings. The van der Waals surface area contributed by atoms with Crippen molar-refractivity contribution in [3.8, 4) is 22.8 Å². The highest BCUT2D eigenvalue weighted by atomic mass is 19.4. The van der Waals surface area contributed by atoms with Gasteiger partial charge in [-0.15, -0.1) is 23.4 Å². The Morgan fingerprint density at radius 3 is 2.58 bits per heavy atom. The minimum atomic E-state index is -4.84. The lowest BCUT2D eigenvalue weighted by Gasteiger charge is -2.29. The second kappa shape index (κ2) is 8.88. The van der Waals surface area contributed by atoms with Crippen LogP contribution < -0.4 is 10.1 Å². The van der Waals surface area contributed by atoms with Crippen molar-refractivity contribution in [2.45, 2.75) is 57.0 Å². The summed E-state index contributed by atoms with van der Waals surface area (Å²) in [6.07, 6.45) is -0.456. The summed E-state index contributed by atoms with van der Waals surface area (Å²) in [6.45, 7) is 0.800. The fraction of sp³-hybridized carbons (Fsp3) is 0.524. The van der Waals surface area contributed by atoms with E-state index in [1.165, 1.54) is 6.07 Å². The number of anilines is 1. The summed E-state index contributed by atoms with van der Waals surface area (Å²) in [4.78, 5) is 0. The number of hydrogen-bond donors (Lipinski definition) is 3. The Hall–Kier alpha value is -2.59. The number of rotatable bonds is 4. The maximum absolute atomic E-state index is 12.5. The van der Waals surface area contributed by atoms with E-state index in [0.717, 1.165) is 48.9 Å². The van der Waals surface area contributed by atoms with Crippen molar-refractivity contribution in [3.05, 3.63) is 29.3 Å². The maximum Gasteiger partial charge on any atom is 0.573 e. The molecule has 168 valence electrons. The lowest BCUT2D eigenvalue weighted by atomic mass is 9.96. The second-order valence-electron chi connectivity index (χ2n) is 7.82. The quantitative estimate of drug-likeness (QED) is 0.627. The Balaban J connectivity index is 1.69. The van der Waals surface area contributed by atoms with Gasteiger partial charge < -0.3 is 25.0 Å². The van der Waals surface area contributed by atoms with Crippen LogP contribution in [0.5, 0.6) is 11.5 Å². The number of nitrogens with one attached hydrogen (secondary N) is 1. The number of alkyl halides is 3. The first-order valence-corrected chi connectivity index (χ1v) is 10.3. The molecule has 2 aromatic rings. The summed E-state index contributed by atoms with van der Waals surface area (Å²) < 4.78 is 46.6. The molecule has 0 amide bonds. The first-order chi connectivity index (χ1) is 14.8. The normalized spacial score (nSPS) is 21.8. The molecule has 1 fully saturated rings. The fourth-order valence-corrected chi connectivity index (χ4v) is 4.13. The van der Waals surface area contributed by atoms with Crippen molar-refractivity contribution in [3.63, 3.8) is 0 Å². The predicted octanol–water partition coefficient (Wildman–Crippen LogP) is 3.58. The Bertz CT molecular complexity index is 939. The number of aliphatic hydroxyl groups excluding tert-OH is 1. The van der Waals surface area contributed by atoms with Gasteiger partial charge in [0.15, 0.2) is 5.82 Å². The molecule has 2 atom stereocenters. The molecule has 1 aromatic carbocycles. The second-order valence-corrected chi connectivity index (χ2v) is 7.82. The Morgan fingerprint density at radius 2 is 1.87 bits per heavy atom. The molecule has 0 unspecified atom stereocenters. The maximum atomic E-state index is 12.5. The number of hydrogen-bond acceptors (Lipinski definition) is 7. The lowest BCUT2D eigenvalue weighted by Crippen LogP contribution is -2.42. The van der Waals surface area contributed by atoms with Crippen LogP contribution in [0.15, 0.2) is 18.2 Å². The Morgan fingerprint density at radius 1 is 1.10 bits per heavy atom. The predicted molar refractivity (Wildman–Crippen MR) is 106 cm³/mol. The average Bonchev–Trinajstić information content (AvgIpc) is 2.96. The molecule has 0 spiro atoms. The van der Waals surface area contributed by atoms with Gasteiger partial charge >= 0.3 is 6.36 Å². The average molecular weight is 439 g/mol. The number of aliphatic hydroxyl groups is 1. The van der Waals surface area contributed by atoms with Crippen LogP contribution in [0, 0.1) is 0 Å². The van der Waals surface area contributed by atoms with Gasteiger partial charge in [0.1, 0.15) is 17.2 Å². The van der Waals surface area contributed by atoms with E-state index in [0.29, 0.717) is 36.5 Å². The van der Waals surface area contributed by atoms with E-state index in [9.17, 15) is 23.4 Å². The molecule has 1 aromatic heterocycles. The molecule has 1 aliphatic carbocycles. The molecule has 1 aliphatic heterocycles. The van der Waals surface area contributed by atoms with E-state index < -0.39 is 18.2 Å². The first kappa shape index (κ1) is 21.6.